The summed E-state index contributed by atoms with van der Waals surface area (Å²) in [5.41, 5.74) is -1.05. The van der Waals surface area contributed by atoms with Gasteiger partial charge in [-0.25, -0.2) is 8.42 Å². The summed E-state index contributed by atoms with van der Waals surface area (Å²) in [5.74, 6) is 0. The van der Waals surface area contributed by atoms with Gasteiger partial charge in [0, 0.05) is 33.0 Å². The Morgan fingerprint density at radius 2 is 2.06 bits per heavy atom. The predicted octanol–water partition coefficient (Wildman–Crippen LogP) is 0.416. The van der Waals surface area contributed by atoms with E-state index < -0.39 is 15.6 Å². The summed E-state index contributed by atoms with van der Waals surface area (Å²) in [7, 11) is -0.281. The summed E-state index contributed by atoms with van der Waals surface area (Å²) in [5, 5.41) is 9.59. The molecule has 0 amide bonds. The molecule has 0 spiro atoms. The van der Waals surface area contributed by atoms with Crippen molar-refractivity contribution in [3.8, 4) is 0 Å². The van der Waals surface area contributed by atoms with Gasteiger partial charge in [-0.15, -0.1) is 0 Å². The summed E-state index contributed by atoms with van der Waals surface area (Å²) in [6.07, 6.45) is 3.21. The van der Waals surface area contributed by atoms with Crippen LogP contribution in [-0.4, -0.2) is 41.6 Å². The van der Waals surface area contributed by atoms with Gasteiger partial charge in [-0.05, 0) is 19.9 Å². The Morgan fingerprint density at radius 3 is 2.44 bits per heavy atom. The van der Waals surface area contributed by atoms with Crippen LogP contribution in [0.2, 0.25) is 0 Å². The van der Waals surface area contributed by atoms with E-state index in [4.69, 9.17) is 0 Å². The minimum absolute atomic E-state index is 0.0597. The molecule has 0 aliphatic heterocycles. The zero-order valence-electron chi connectivity index (χ0n) is 10.0. The third kappa shape index (κ3) is 3.07. The predicted molar refractivity (Wildman–Crippen MR) is 61.5 cm³/mol. The van der Waals surface area contributed by atoms with Crippen molar-refractivity contribution in [2.45, 2.75) is 24.3 Å². The molecule has 16 heavy (non-hydrogen) atoms. The minimum Gasteiger partial charge on any atom is -0.389 e. The maximum absolute atomic E-state index is 12.0. The third-order valence-corrected chi connectivity index (χ3v) is 3.91. The van der Waals surface area contributed by atoms with Crippen LogP contribution in [0.25, 0.3) is 0 Å². The Morgan fingerprint density at radius 1 is 1.50 bits per heavy atom. The van der Waals surface area contributed by atoms with Gasteiger partial charge in [0.2, 0.25) is 10.0 Å². The molecule has 0 aliphatic rings. The summed E-state index contributed by atoms with van der Waals surface area (Å²) >= 11 is 0. The number of aliphatic hydroxyl groups is 1. The Balaban J connectivity index is 2.95. The van der Waals surface area contributed by atoms with E-state index in [1.807, 2.05) is 0 Å². The standard InChI is InChI=1S/C10H18N2O3S/c1-10(2,13)8-12(4)16(14,15)9-5-6-11(3)7-9/h5-7,13H,8H2,1-4H3. The lowest BCUT2D eigenvalue weighted by atomic mass is 10.1. The fraction of sp³-hybridized carbons (Fsp3) is 0.600. The van der Waals surface area contributed by atoms with E-state index in [0.717, 1.165) is 4.31 Å². The number of aromatic nitrogens is 1. The number of rotatable bonds is 4. The first-order chi connectivity index (χ1) is 7.13. The number of sulfonamides is 1. The van der Waals surface area contributed by atoms with Crippen molar-refractivity contribution in [2.75, 3.05) is 13.6 Å². The van der Waals surface area contributed by atoms with Gasteiger partial charge in [0.05, 0.1) is 10.5 Å². The van der Waals surface area contributed by atoms with Crippen LogP contribution >= 0.6 is 0 Å². The van der Waals surface area contributed by atoms with E-state index in [1.165, 1.54) is 19.3 Å². The molecule has 0 atom stereocenters. The molecule has 6 heteroatoms. The van der Waals surface area contributed by atoms with Crippen LogP contribution in [0.4, 0.5) is 0 Å². The molecule has 92 valence electrons. The highest BCUT2D eigenvalue weighted by Crippen LogP contribution is 2.16. The number of hydrogen-bond acceptors (Lipinski definition) is 3. The van der Waals surface area contributed by atoms with Crippen molar-refractivity contribution in [3.05, 3.63) is 18.5 Å². The number of aryl methyl sites for hydroxylation is 1. The van der Waals surface area contributed by atoms with Gasteiger partial charge < -0.3 is 9.67 Å². The molecule has 0 unspecified atom stereocenters. The molecule has 0 saturated heterocycles. The van der Waals surface area contributed by atoms with E-state index in [1.54, 1.807) is 31.7 Å². The van der Waals surface area contributed by atoms with E-state index in [2.05, 4.69) is 0 Å². The second-order valence-electron chi connectivity index (χ2n) is 4.59. The van der Waals surface area contributed by atoms with E-state index >= 15 is 0 Å². The van der Waals surface area contributed by atoms with Gasteiger partial charge in [0.1, 0.15) is 0 Å². The molecule has 0 fully saturated rings. The molecule has 1 rings (SSSR count). The first-order valence-corrected chi connectivity index (χ1v) is 6.37. The molecule has 1 N–H and O–H groups in total. The Hall–Kier alpha value is -0.850. The molecule has 0 aliphatic carbocycles. The lowest BCUT2D eigenvalue weighted by Crippen LogP contribution is -2.39. The normalized spacial score (nSPS) is 13.4. The SMILES string of the molecule is CN(CC(C)(C)O)S(=O)(=O)c1ccn(C)c1. The maximum Gasteiger partial charge on any atom is 0.244 e. The third-order valence-electron chi connectivity index (χ3n) is 2.12. The van der Waals surface area contributed by atoms with Gasteiger partial charge in [-0.1, -0.05) is 0 Å². The smallest absolute Gasteiger partial charge is 0.244 e. The topological polar surface area (TPSA) is 62.5 Å². The summed E-state index contributed by atoms with van der Waals surface area (Å²) in [6, 6.07) is 1.54. The van der Waals surface area contributed by atoms with Crippen LogP contribution in [0.3, 0.4) is 0 Å². The van der Waals surface area contributed by atoms with Crippen LogP contribution in [0.1, 0.15) is 13.8 Å². The van der Waals surface area contributed by atoms with Crippen LogP contribution in [0, 0.1) is 0 Å². The average Bonchev–Trinajstić information content (AvgIpc) is 2.48. The Labute approximate surface area is 96.4 Å². The van der Waals surface area contributed by atoms with Crippen LogP contribution in [-0.2, 0) is 17.1 Å². The first kappa shape index (κ1) is 13.2. The van der Waals surface area contributed by atoms with Crippen LogP contribution < -0.4 is 0 Å². The summed E-state index contributed by atoms with van der Waals surface area (Å²) < 4.78 is 26.9. The molecule has 5 nitrogen and oxygen atoms in total. The number of likely N-dealkylation sites (N-methyl/N-ethyl adjacent to an activating group) is 1. The van der Waals surface area contributed by atoms with Gasteiger partial charge in [-0.2, -0.15) is 4.31 Å². The molecule has 1 aromatic heterocycles. The summed E-state index contributed by atoms with van der Waals surface area (Å²) in [4.78, 5) is 0.238. The molecule has 0 saturated carbocycles. The van der Waals surface area contributed by atoms with E-state index in [0.29, 0.717) is 0 Å². The average molecular weight is 246 g/mol. The number of hydrogen-bond donors (Lipinski definition) is 1. The highest BCUT2D eigenvalue weighted by atomic mass is 32.2. The Bertz CT molecular complexity index is 457. The lowest BCUT2D eigenvalue weighted by Gasteiger charge is -2.24. The fourth-order valence-corrected chi connectivity index (χ4v) is 2.82. The zero-order chi connectivity index (χ0) is 12.6. The van der Waals surface area contributed by atoms with Crippen LogP contribution in [0.5, 0.6) is 0 Å². The van der Waals surface area contributed by atoms with Crippen molar-refractivity contribution in [2.24, 2.45) is 7.05 Å². The van der Waals surface area contributed by atoms with Crippen molar-refractivity contribution in [1.29, 1.82) is 0 Å². The molecule has 1 aromatic rings. The largest absolute Gasteiger partial charge is 0.389 e. The first-order valence-electron chi connectivity index (χ1n) is 4.93. The molecular weight excluding hydrogens is 228 g/mol. The summed E-state index contributed by atoms with van der Waals surface area (Å²) in [6.45, 7) is 3.21. The quantitative estimate of drug-likeness (QED) is 0.837. The second kappa shape index (κ2) is 4.20. The monoisotopic (exact) mass is 246 g/mol. The van der Waals surface area contributed by atoms with Crippen molar-refractivity contribution in [1.82, 2.24) is 8.87 Å². The van der Waals surface area contributed by atoms with Crippen LogP contribution in [0.15, 0.2) is 23.4 Å². The highest BCUT2D eigenvalue weighted by molar-refractivity contribution is 7.89. The van der Waals surface area contributed by atoms with Crippen molar-refractivity contribution < 1.29 is 13.5 Å². The maximum atomic E-state index is 12.0. The lowest BCUT2D eigenvalue weighted by molar-refractivity contribution is 0.0640. The van der Waals surface area contributed by atoms with Gasteiger partial charge in [-0.3, -0.25) is 0 Å². The van der Waals surface area contributed by atoms with Crippen molar-refractivity contribution in [3.63, 3.8) is 0 Å². The Kier molecular flexibility index (Phi) is 3.47. The molecular formula is C10H18N2O3S. The fourth-order valence-electron chi connectivity index (χ4n) is 1.44. The molecule has 1 heterocycles. The molecule has 0 radical (unpaired) electrons. The second-order valence-corrected chi connectivity index (χ2v) is 6.63. The van der Waals surface area contributed by atoms with Gasteiger partial charge in [0.25, 0.3) is 0 Å². The van der Waals surface area contributed by atoms with Crippen molar-refractivity contribution >= 4 is 10.0 Å². The van der Waals surface area contributed by atoms with Gasteiger partial charge >= 0.3 is 0 Å². The highest BCUT2D eigenvalue weighted by Gasteiger charge is 2.26. The zero-order valence-corrected chi connectivity index (χ0v) is 10.8. The molecule has 0 aromatic carbocycles. The van der Waals surface area contributed by atoms with E-state index in [9.17, 15) is 13.5 Å². The minimum atomic E-state index is -3.50. The van der Waals surface area contributed by atoms with E-state index in [-0.39, 0.29) is 11.4 Å². The van der Waals surface area contributed by atoms with Gasteiger partial charge in [0.15, 0.2) is 0 Å². The number of nitrogens with zero attached hydrogens (tertiary/aromatic N) is 2. The molecule has 0 bridgehead atoms.